The average Bonchev–Trinajstić information content (AvgIpc) is 3.19. The first-order chi connectivity index (χ1) is 9.10. The van der Waals surface area contributed by atoms with Crippen LogP contribution in [0.2, 0.25) is 0 Å². The number of aromatic nitrogens is 2. The van der Waals surface area contributed by atoms with Gasteiger partial charge in [-0.1, -0.05) is 6.92 Å². The number of rotatable bonds is 7. The molecular formula is C13H20F2N4. The smallest absolute Gasteiger partial charge is 0.255 e. The third kappa shape index (κ3) is 4.01. The number of nitrogens with zero attached hydrogens (tertiary/aromatic N) is 3. The molecule has 0 aromatic carbocycles. The van der Waals surface area contributed by atoms with Crippen LogP contribution in [-0.4, -0.2) is 36.5 Å². The normalized spacial score (nSPS) is 14.8. The molecule has 0 saturated heterocycles. The summed E-state index contributed by atoms with van der Waals surface area (Å²) in [6, 6.07) is 1.74. The van der Waals surface area contributed by atoms with Crippen LogP contribution in [0.25, 0.3) is 0 Å². The van der Waals surface area contributed by atoms with E-state index in [-0.39, 0.29) is 6.54 Å². The molecule has 4 nitrogen and oxygen atoms in total. The first kappa shape index (κ1) is 14.0. The van der Waals surface area contributed by atoms with Crippen LogP contribution in [0.3, 0.4) is 0 Å². The van der Waals surface area contributed by atoms with E-state index in [1.165, 1.54) is 4.90 Å². The van der Waals surface area contributed by atoms with Crippen LogP contribution in [0.4, 0.5) is 20.4 Å². The standard InChI is InChI=1S/C13H20F2N4/c1-3-6-16-11-7-12(19(2)8-10(14)15)18-13(17-11)9-4-5-9/h7,9-10H,3-6,8H2,1-2H3,(H,16,17,18). The van der Waals surface area contributed by atoms with Crippen LogP contribution in [0.1, 0.15) is 37.9 Å². The highest BCUT2D eigenvalue weighted by atomic mass is 19.3. The lowest BCUT2D eigenvalue weighted by Crippen LogP contribution is -2.25. The van der Waals surface area contributed by atoms with Gasteiger partial charge in [0.05, 0.1) is 6.54 Å². The second kappa shape index (κ2) is 6.12. The van der Waals surface area contributed by atoms with Gasteiger partial charge in [-0.05, 0) is 19.3 Å². The van der Waals surface area contributed by atoms with Crippen LogP contribution in [-0.2, 0) is 0 Å². The Labute approximate surface area is 112 Å². The molecule has 0 aliphatic heterocycles. The topological polar surface area (TPSA) is 41.0 Å². The molecular weight excluding hydrogens is 250 g/mol. The van der Waals surface area contributed by atoms with Gasteiger partial charge in [0.15, 0.2) is 0 Å². The van der Waals surface area contributed by atoms with Crippen molar-refractivity contribution < 1.29 is 8.78 Å². The first-order valence-electron chi connectivity index (χ1n) is 6.72. The SMILES string of the molecule is CCCNc1cc(N(C)CC(F)F)nc(C2CC2)n1. The minimum atomic E-state index is -2.36. The van der Waals surface area contributed by atoms with Crippen molar-refractivity contribution in [2.75, 3.05) is 30.4 Å². The van der Waals surface area contributed by atoms with Gasteiger partial charge in [0, 0.05) is 25.6 Å². The predicted octanol–water partition coefficient (Wildman–Crippen LogP) is 2.88. The highest BCUT2D eigenvalue weighted by Gasteiger charge is 2.28. The van der Waals surface area contributed by atoms with E-state index in [4.69, 9.17) is 0 Å². The highest BCUT2D eigenvalue weighted by Crippen LogP contribution is 2.39. The summed E-state index contributed by atoms with van der Waals surface area (Å²) in [7, 11) is 1.63. The summed E-state index contributed by atoms with van der Waals surface area (Å²) < 4.78 is 24.9. The van der Waals surface area contributed by atoms with E-state index in [9.17, 15) is 8.78 Å². The second-order valence-electron chi connectivity index (χ2n) is 4.94. The van der Waals surface area contributed by atoms with Crippen molar-refractivity contribution >= 4 is 11.6 Å². The molecule has 106 valence electrons. The van der Waals surface area contributed by atoms with Crippen molar-refractivity contribution in [3.8, 4) is 0 Å². The molecule has 1 aliphatic carbocycles. The van der Waals surface area contributed by atoms with E-state index < -0.39 is 6.43 Å². The van der Waals surface area contributed by atoms with Gasteiger partial charge in [-0.2, -0.15) is 0 Å². The molecule has 1 fully saturated rings. The van der Waals surface area contributed by atoms with Gasteiger partial charge in [0.2, 0.25) is 0 Å². The number of anilines is 2. The summed E-state index contributed by atoms with van der Waals surface area (Å²) in [6.07, 6.45) is 0.812. The molecule has 1 aromatic heterocycles. The molecule has 0 atom stereocenters. The molecule has 2 rings (SSSR count). The van der Waals surface area contributed by atoms with Crippen molar-refractivity contribution in [2.24, 2.45) is 0 Å². The van der Waals surface area contributed by atoms with Gasteiger partial charge < -0.3 is 10.2 Å². The molecule has 1 heterocycles. The van der Waals surface area contributed by atoms with E-state index in [1.807, 2.05) is 0 Å². The zero-order valence-corrected chi connectivity index (χ0v) is 11.4. The van der Waals surface area contributed by atoms with E-state index in [2.05, 4.69) is 22.2 Å². The van der Waals surface area contributed by atoms with Crippen molar-refractivity contribution in [3.63, 3.8) is 0 Å². The summed E-state index contributed by atoms with van der Waals surface area (Å²) in [6.45, 7) is 2.58. The Morgan fingerprint density at radius 3 is 2.74 bits per heavy atom. The quantitative estimate of drug-likeness (QED) is 0.827. The fraction of sp³-hybridized carbons (Fsp3) is 0.692. The summed E-state index contributed by atoms with van der Waals surface area (Å²) in [5.41, 5.74) is 0. The van der Waals surface area contributed by atoms with Gasteiger partial charge in [-0.3, -0.25) is 0 Å². The fourth-order valence-electron chi connectivity index (χ4n) is 1.82. The second-order valence-corrected chi connectivity index (χ2v) is 4.94. The molecule has 0 bridgehead atoms. The largest absolute Gasteiger partial charge is 0.370 e. The van der Waals surface area contributed by atoms with E-state index >= 15 is 0 Å². The molecule has 0 radical (unpaired) electrons. The number of alkyl halides is 2. The molecule has 19 heavy (non-hydrogen) atoms. The number of hydrogen-bond donors (Lipinski definition) is 1. The molecule has 1 N–H and O–H groups in total. The van der Waals surface area contributed by atoms with Gasteiger partial charge >= 0.3 is 0 Å². The third-order valence-electron chi connectivity index (χ3n) is 3.03. The zero-order chi connectivity index (χ0) is 13.8. The molecule has 0 amide bonds. The van der Waals surface area contributed by atoms with Crippen molar-refractivity contribution in [1.29, 1.82) is 0 Å². The molecule has 1 aromatic rings. The highest BCUT2D eigenvalue weighted by molar-refractivity contribution is 5.49. The Morgan fingerprint density at radius 2 is 2.16 bits per heavy atom. The fourth-order valence-corrected chi connectivity index (χ4v) is 1.82. The Kier molecular flexibility index (Phi) is 4.50. The zero-order valence-electron chi connectivity index (χ0n) is 11.4. The summed E-state index contributed by atoms with van der Waals surface area (Å²) in [5.74, 6) is 2.48. The molecule has 1 saturated carbocycles. The molecule has 0 spiro atoms. The lowest BCUT2D eigenvalue weighted by molar-refractivity contribution is 0.156. The minimum absolute atomic E-state index is 0.311. The Balaban J connectivity index is 2.17. The first-order valence-corrected chi connectivity index (χ1v) is 6.72. The lowest BCUT2D eigenvalue weighted by Gasteiger charge is -2.19. The van der Waals surface area contributed by atoms with Crippen LogP contribution in [0, 0.1) is 0 Å². The molecule has 0 unspecified atom stereocenters. The van der Waals surface area contributed by atoms with Crippen molar-refractivity contribution in [1.82, 2.24) is 9.97 Å². The maximum Gasteiger partial charge on any atom is 0.255 e. The Bertz CT molecular complexity index is 421. The van der Waals surface area contributed by atoms with Gasteiger partial charge in [0.1, 0.15) is 17.5 Å². The van der Waals surface area contributed by atoms with Crippen LogP contribution >= 0.6 is 0 Å². The summed E-state index contributed by atoms with van der Waals surface area (Å²) >= 11 is 0. The maximum atomic E-state index is 12.4. The van der Waals surface area contributed by atoms with E-state index in [0.29, 0.717) is 11.7 Å². The van der Waals surface area contributed by atoms with Crippen LogP contribution in [0.15, 0.2) is 6.07 Å². The third-order valence-corrected chi connectivity index (χ3v) is 3.03. The van der Waals surface area contributed by atoms with Crippen molar-refractivity contribution in [3.05, 3.63) is 11.9 Å². The average molecular weight is 270 g/mol. The van der Waals surface area contributed by atoms with Crippen molar-refractivity contribution in [2.45, 2.75) is 38.5 Å². The number of hydrogen-bond acceptors (Lipinski definition) is 4. The van der Waals surface area contributed by atoms with Gasteiger partial charge in [0.25, 0.3) is 6.43 Å². The number of halogens is 2. The molecule has 1 aliphatic rings. The van der Waals surface area contributed by atoms with E-state index in [0.717, 1.165) is 37.4 Å². The molecule has 6 heteroatoms. The Morgan fingerprint density at radius 1 is 1.42 bits per heavy atom. The minimum Gasteiger partial charge on any atom is -0.370 e. The Hall–Kier alpha value is -1.46. The monoisotopic (exact) mass is 270 g/mol. The number of nitrogens with one attached hydrogen (secondary N) is 1. The van der Waals surface area contributed by atoms with Gasteiger partial charge in [-0.15, -0.1) is 0 Å². The van der Waals surface area contributed by atoms with Crippen LogP contribution in [0.5, 0.6) is 0 Å². The van der Waals surface area contributed by atoms with E-state index in [1.54, 1.807) is 13.1 Å². The summed E-state index contributed by atoms with van der Waals surface area (Å²) in [4.78, 5) is 10.3. The maximum absolute atomic E-state index is 12.4. The van der Waals surface area contributed by atoms with Crippen LogP contribution < -0.4 is 10.2 Å². The van der Waals surface area contributed by atoms with Gasteiger partial charge in [-0.25, -0.2) is 18.7 Å². The summed E-state index contributed by atoms with van der Waals surface area (Å²) in [5, 5.41) is 3.20. The predicted molar refractivity (Wildman–Crippen MR) is 72.1 cm³/mol. The lowest BCUT2D eigenvalue weighted by atomic mass is 10.3.